The minimum atomic E-state index is -0.617. The Kier molecular flexibility index (Phi) is 3.76. The lowest BCUT2D eigenvalue weighted by Crippen LogP contribution is -1.97. The van der Waals surface area contributed by atoms with Gasteiger partial charge in [-0.15, -0.1) is 0 Å². The Balaban J connectivity index is 2.02. The van der Waals surface area contributed by atoms with Crippen LogP contribution in [0.5, 0.6) is 5.75 Å². The van der Waals surface area contributed by atoms with Crippen molar-refractivity contribution in [3.05, 3.63) is 41.3 Å². The smallest absolute Gasteiger partial charge is 0.264 e. The van der Waals surface area contributed by atoms with Crippen LogP contribution < -0.4 is 4.74 Å². The van der Waals surface area contributed by atoms with E-state index in [9.17, 15) is 4.39 Å². The highest BCUT2D eigenvalue weighted by Gasteiger charge is 2.10. The molecule has 0 fully saturated rings. The third-order valence-electron chi connectivity index (χ3n) is 2.42. The molecule has 5 nitrogen and oxygen atoms in total. The molecule has 0 atom stereocenters. The normalized spacial score (nSPS) is 10.5. The zero-order chi connectivity index (χ0) is 13.8. The molecule has 0 saturated carbocycles. The molecule has 0 aliphatic rings. The molecule has 2 rings (SSSR count). The van der Waals surface area contributed by atoms with Crippen molar-refractivity contribution in [2.24, 2.45) is 0 Å². The summed E-state index contributed by atoms with van der Waals surface area (Å²) in [5.74, 6) is 0.789. The molecule has 0 radical (unpaired) electrons. The molecule has 2 aromatic rings. The molecule has 0 unspecified atom stereocenters. The van der Waals surface area contributed by atoms with E-state index in [1.807, 2.05) is 13.8 Å². The van der Waals surface area contributed by atoms with Crippen LogP contribution in [0.25, 0.3) is 0 Å². The Morgan fingerprint density at radius 3 is 2.84 bits per heavy atom. The number of rotatable bonds is 4. The van der Waals surface area contributed by atoms with Crippen molar-refractivity contribution < 1.29 is 13.7 Å². The van der Waals surface area contributed by atoms with Crippen molar-refractivity contribution in [1.29, 1.82) is 5.26 Å². The van der Waals surface area contributed by atoms with Crippen molar-refractivity contribution >= 4 is 0 Å². The number of halogens is 1. The molecule has 0 amide bonds. The number of hydrogen-bond acceptors (Lipinski definition) is 5. The Bertz CT molecular complexity index is 617. The minimum Gasteiger partial charge on any atom is -0.484 e. The van der Waals surface area contributed by atoms with Crippen LogP contribution in [0.1, 0.15) is 37.0 Å². The summed E-state index contributed by atoms with van der Waals surface area (Å²) in [5.41, 5.74) is -0.0211. The molecule has 6 heteroatoms. The summed E-state index contributed by atoms with van der Waals surface area (Å²) in [7, 11) is 0. The second-order valence-corrected chi connectivity index (χ2v) is 4.24. The molecule has 98 valence electrons. The van der Waals surface area contributed by atoms with Crippen molar-refractivity contribution in [1.82, 2.24) is 10.1 Å². The molecule has 1 heterocycles. The Morgan fingerprint density at radius 2 is 2.26 bits per heavy atom. The molecule has 0 spiro atoms. The van der Waals surface area contributed by atoms with E-state index in [0.29, 0.717) is 17.5 Å². The first-order valence-electron chi connectivity index (χ1n) is 5.75. The first kappa shape index (κ1) is 13.0. The first-order chi connectivity index (χ1) is 9.10. The fraction of sp³-hybridized carbons (Fsp3) is 0.308. The summed E-state index contributed by atoms with van der Waals surface area (Å²) in [5, 5.41) is 12.4. The van der Waals surface area contributed by atoms with Gasteiger partial charge in [0.2, 0.25) is 0 Å². The van der Waals surface area contributed by atoms with Crippen molar-refractivity contribution in [3.8, 4) is 11.8 Å². The Hall–Kier alpha value is -2.42. The van der Waals surface area contributed by atoms with Gasteiger partial charge < -0.3 is 9.26 Å². The van der Waals surface area contributed by atoms with Gasteiger partial charge in [0.15, 0.2) is 12.4 Å². The van der Waals surface area contributed by atoms with Crippen LogP contribution in [0.3, 0.4) is 0 Å². The lowest BCUT2D eigenvalue weighted by molar-refractivity contribution is 0.241. The summed E-state index contributed by atoms with van der Waals surface area (Å²) in [4.78, 5) is 4.13. The van der Waals surface area contributed by atoms with Gasteiger partial charge in [-0.2, -0.15) is 10.2 Å². The third kappa shape index (κ3) is 3.07. The number of nitrogens with zero attached hydrogens (tertiary/aromatic N) is 3. The molecule has 0 bridgehead atoms. The molecular weight excluding hydrogens is 249 g/mol. The van der Waals surface area contributed by atoms with E-state index < -0.39 is 5.82 Å². The standard InChI is InChI=1S/C13H12FN3O2/c1-8(2)13-16-12(19-17-13)7-18-10-4-3-9(6-15)11(14)5-10/h3-5,8H,7H2,1-2H3. The maximum absolute atomic E-state index is 13.3. The quantitative estimate of drug-likeness (QED) is 0.846. The summed E-state index contributed by atoms with van der Waals surface area (Å²) >= 11 is 0. The van der Waals surface area contributed by atoms with Gasteiger partial charge >= 0.3 is 0 Å². The highest BCUT2D eigenvalue weighted by Crippen LogP contribution is 2.17. The highest BCUT2D eigenvalue weighted by atomic mass is 19.1. The lowest BCUT2D eigenvalue weighted by atomic mass is 10.2. The molecule has 0 saturated heterocycles. The summed E-state index contributed by atoms with van der Waals surface area (Å²) in [6.45, 7) is 3.96. The van der Waals surface area contributed by atoms with Gasteiger partial charge in [0.05, 0.1) is 5.56 Å². The summed E-state index contributed by atoms with van der Waals surface area (Å²) < 4.78 is 23.6. The van der Waals surface area contributed by atoms with Gasteiger partial charge in [-0.1, -0.05) is 19.0 Å². The van der Waals surface area contributed by atoms with Gasteiger partial charge in [0.1, 0.15) is 17.6 Å². The summed E-state index contributed by atoms with van der Waals surface area (Å²) in [6, 6.07) is 5.77. The van der Waals surface area contributed by atoms with Gasteiger partial charge in [0.25, 0.3) is 5.89 Å². The number of ether oxygens (including phenoxy) is 1. The largest absolute Gasteiger partial charge is 0.484 e. The zero-order valence-corrected chi connectivity index (χ0v) is 10.6. The van der Waals surface area contributed by atoms with Crippen molar-refractivity contribution in [3.63, 3.8) is 0 Å². The second-order valence-electron chi connectivity index (χ2n) is 4.24. The molecule has 0 N–H and O–H groups in total. The van der Waals surface area contributed by atoms with Crippen LogP contribution in [-0.2, 0) is 6.61 Å². The Morgan fingerprint density at radius 1 is 1.47 bits per heavy atom. The van der Waals surface area contributed by atoms with E-state index in [2.05, 4.69) is 10.1 Å². The van der Waals surface area contributed by atoms with E-state index in [-0.39, 0.29) is 18.1 Å². The SMILES string of the molecule is CC(C)c1noc(COc2ccc(C#N)c(F)c2)n1. The molecule has 1 aromatic carbocycles. The average molecular weight is 261 g/mol. The molecular formula is C13H12FN3O2. The zero-order valence-electron chi connectivity index (χ0n) is 10.6. The number of aromatic nitrogens is 2. The van der Waals surface area contributed by atoms with E-state index in [0.717, 1.165) is 6.07 Å². The van der Waals surface area contributed by atoms with E-state index >= 15 is 0 Å². The van der Waals surface area contributed by atoms with E-state index in [1.54, 1.807) is 6.07 Å². The predicted molar refractivity (Wildman–Crippen MR) is 63.8 cm³/mol. The van der Waals surface area contributed by atoms with Crippen molar-refractivity contribution in [2.45, 2.75) is 26.4 Å². The third-order valence-corrected chi connectivity index (χ3v) is 2.42. The van der Waals surface area contributed by atoms with Crippen LogP contribution in [-0.4, -0.2) is 10.1 Å². The Labute approximate surface area is 109 Å². The average Bonchev–Trinajstić information content (AvgIpc) is 2.85. The van der Waals surface area contributed by atoms with Gasteiger partial charge in [-0.25, -0.2) is 4.39 Å². The topological polar surface area (TPSA) is 71.9 Å². The maximum atomic E-state index is 13.3. The fourth-order valence-corrected chi connectivity index (χ4v) is 1.38. The van der Waals surface area contributed by atoms with Gasteiger partial charge in [-0.05, 0) is 12.1 Å². The van der Waals surface area contributed by atoms with Crippen LogP contribution in [0.2, 0.25) is 0 Å². The van der Waals surface area contributed by atoms with Crippen molar-refractivity contribution in [2.75, 3.05) is 0 Å². The predicted octanol–water partition coefficient (Wildman–Crippen LogP) is 2.78. The van der Waals surface area contributed by atoms with Gasteiger partial charge in [-0.3, -0.25) is 0 Å². The first-order valence-corrected chi connectivity index (χ1v) is 5.75. The van der Waals surface area contributed by atoms with Crippen LogP contribution in [0, 0.1) is 17.1 Å². The lowest BCUT2D eigenvalue weighted by Gasteiger charge is -2.03. The summed E-state index contributed by atoms with van der Waals surface area (Å²) in [6.07, 6.45) is 0. The number of hydrogen-bond donors (Lipinski definition) is 0. The maximum Gasteiger partial charge on any atom is 0.264 e. The van der Waals surface area contributed by atoms with Crippen LogP contribution in [0.4, 0.5) is 4.39 Å². The van der Waals surface area contributed by atoms with E-state index in [4.69, 9.17) is 14.5 Å². The van der Waals surface area contributed by atoms with E-state index in [1.165, 1.54) is 12.1 Å². The second kappa shape index (κ2) is 5.48. The number of nitriles is 1. The molecule has 1 aromatic heterocycles. The van der Waals surface area contributed by atoms with Crippen LogP contribution >= 0.6 is 0 Å². The molecule has 19 heavy (non-hydrogen) atoms. The molecule has 0 aliphatic heterocycles. The minimum absolute atomic E-state index is 0.0211. The van der Waals surface area contributed by atoms with Crippen LogP contribution in [0.15, 0.2) is 22.7 Å². The molecule has 0 aliphatic carbocycles. The number of benzene rings is 1. The fourth-order valence-electron chi connectivity index (χ4n) is 1.38. The van der Waals surface area contributed by atoms with Gasteiger partial charge in [0, 0.05) is 12.0 Å². The highest BCUT2D eigenvalue weighted by molar-refractivity contribution is 5.36. The monoisotopic (exact) mass is 261 g/mol.